The number of rotatable bonds is 3. The average Bonchev–Trinajstić information content (AvgIpc) is 3.13. The first kappa shape index (κ1) is 12.4. The Morgan fingerprint density at radius 3 is 3.05 bits per heavy atom. The highest BCUT2D eigenvalue weighted by Gasteiger charge is 2.17. The molecule has 0 aliphatic carbocycles. The van der Waals surface area contributed by atoms with E-state index in [4.69, 9.17) is 5.26 Å². The quantitative estimate of drug-likeness (QED) is 0.794. The van der Waals surface area contributed by atoms with Gasteiger partial charge in [0.15, 0.2) is 0 Å². The average molecular weight is 269 g/mol. The molecule has 3 rings (SSSR count). The highest BCUT2D eigenvalue weighted by atomic mass is 19.1. The molecule has 3 aromatic heterocycles. The molecule has 3 aromatic rings. The minimum absolute atomic E-state index is 0.530. The summed E-state index contributed by atoms with van der Waals surface area (Å²) in [4.78, 5) is 11.4. The smallest absolute Gasteiger partial charge is 0.206 e. The number of hydrogen-bond donors (Lipinski definition) is 1. The Hall–Kier alpha value is -2.68. The minimum Gasteiger partial charge on any atom is -0.347 e. The third kappa shape index (κ3) is 1.93. The van der Waals surface area contributed by atoms with E-state index >= 15 is 0 Å². The molecule has 0 amide bonds. The maximum absolute atomic E-state index is 13.4. The normalized spacial score (nSPS) is 14.1. The number of hydrogen-bond acceptors (Lipinski definition) is 3. The standard InChI is InChI=1S/C14H12FN5/c1-9(12(15)6-16)20-5-3-10(7-20)13-11-2-4-17-14(11)19-8-18-13/h2-5,7-9,12H,1H3,(H,17,18,19). The predicted molar refractivity (Wildman–Crippen MR) is 72.5 cm³/mol. The van der Waals surface area contributed by atoms with Crippen LogP contribution >= 0.6 is 0 Å². The summed E-state index contributed by atoms with van der Waals surface area (Å²) in [5.74, 6) is 0. The maximum atomic E-state index is 13.4. The van der Waals surface area contributed by atoms with Gasteiger partial charge in [0, 0.05) is 29.5 Å². The summed E-state index contributed by atoms with van der Waals surface area (Å²) < 4.78 is 15.1. The monoisotopic (exact) mass is 269 g/mol. The Morgan fingerprint density at radius 1 is 1.40 bits per heavy atom. The highest BCUT2D eigenvalue weighted by molar-refractivity contribution is 5.90. The van der Waals surface area contributed by atoms with Crippen molar-refractivity contribution in [1.29, 1.82) is 5.26 Å². The Labute approximate surface area is 114 Å². The van der Waals surface area contributed by atoms with E-state index in [1.807, 2.05) is 12.1 Å². The first-order chi connectivity index (χ1) is 9.70. The van der Waals surface area contributed by atoms with Crippen LogP contribution in [0.15, 0.2) is 37.1 Å². The van der Waals surface area contributed by atoms with Crippen LogP contribution < -0.4 is 0 Å². The Bertz CT molecular complexity index is 782. The number of nitriles is 1. The topological polar surface area (TPSA) is 70.3 Å². The van der Waals surface area contributed by atoms with Gasteiger partial charge in [-0.3, -0.25) is 0 Å². The van der Waals surface area contributed by atoms with Gasteiger partial charge in [0.25, 0.3) is 0 Å². The molecule has 0 radical (unpaired) electrons. The van der Waals surface area contributed by atoms with E-state index in [1.165, 1.54) is 6.33 Å². The van der Waals surface area contributed by atoms with Crippen molar-refractivity contribution in [2.24, 2.45) is 0 Å². The molecule has 1 N–H and O–H groups in total. The summed E-state index contributed by atoms with van der Waals surface area (Å²) >= 11 is 0. The molecule has 0 spiro atoms. The van der Waals surface area contributed by atoms with Gasteiger partial charge in [-0.05, 0) is 19.1 Å². The number of aromatic amines is 1. The van der Waals surface area contributed by atoms with Crippen molar-refractivity contribution in [3.05, 3.63) is 37.1 Å². The third-order valence-electron chi connectivity index (χ3n) is 3.36. The summed E-state index contributed by atoms with van der Waals surface area (Å²) in [6, 6.07) is 4.85. The van der Waals surface area contributed by atoms with E-state index in [0.29, 0.717) is 0 Å². The number of aromatic nitrogens is 4. The van der Waals surface area contributed by atoms with Gasteiger partial charge >= 0.3 is 0 Å². The van der Waals surface area contributed by atoms with Gasteiger partial charge in [-0.2, -0.15) is 5.26 Å². The summed E-state index contributed by atoms with van der Waals surface area (Å²) in [7, 11) is 0. The van der Waals surface area contributed by atoms with Crippen molar-refractivity contribution in [3.8, 4) is 17.3 Å². The summed E-state index contributed by atoms with van der Waals surface area (Å²) in [5, 5.41) is 9.55. The predicted octanol–water partition coefficient (Wildman–Crippen LogP) is 2.85. The molecule has 6 heteroatoms. The van der Waals surface area contributed by atoms with Crippen molar-refractivity contribution in [2.45, 2.75) is 19.1 Å². The van der Waals surface area contributed by atoms with Crippen LogP contribution in [0.4, 0.5) is 4.39 Å². The third-order valence-corrected chi connectivity index (χ3v) is 3.36. The second-order valence-corrected chi connectivity index (χ2v) is 4.58. The second-order valence-electron chi connectivity index (χ2n) is 4.58. The fourth-order valence-corrected chi connectivity index (χ4v) is 2.17. The lowest BCUT2D eigenvalue weighted by atomic mass is 10.2. The van der Waals surface area contributed by atoms with Crippen LogP contribution in [0, 0.1) is 11.3 Å². The van der Waals surface area contributed by atoms with Crippen molar-refractivity contribution >= 4 is 11.0 Å². The summed E-state index contributed by atoms with van der Waals surface area (Å²) in [6.45, 7) is 1.67. The van der Waals surface area contributed by atoms with Crippen LogP contribution in [0.1, 0.15) is 13.0 Å². The molecule has 100 valence electrons. The molecule has 0 saturated carbocycles. The Balaban J connectivity index is 2.02. The number of alkyl halides is 1. The molecular weight excluding hydrogens is 257 g/mol. The van der Waals surface area contributed by atoms with Gasteiger partial charge in [0.1, 0.15) is 18.0 Å². The molecule has 5 nitrogen and oxygen atoms in total. The summed E-state index contributed by atoms with van der Waals surface area (Å²) in [6.07, 6.45) is 5.30. The van der Waals surface area contributed by atoms with Gasteiger partial charge < -0.3 is 9.55 Å². The zero-order valence-electron chi connectivity index (χ0n) is 10.8. The Kier molecular flexibility index (Phi) is 2.95. The number of nitrogens with zero attached hydrogens (tertiary/aromatic N) is 4. The van der Waals surface area contributed by atoms with Crippen molar-refractivity contribution in [1.82, 2.24) is 19.5 Å². The fraction of sp³-hybridized carbons (Fsp3) is 0.214. The molecule has 0 aliphatic heterocycles. The van der Waals surface area contributed by atoms with Crippen LogP contribution in [-0.2, 0) is 0 Å². The van der Waals surface area contributed by atoms with Crippen LogP contribution in [0.3, 0.4) is 0 Å². The fourth-order valence-electron chi connectivity index (χ4n) is 2.17. The van der Waals surface area contributed by atoms with Gasteiger partial charge in [-0.1, -0.05) is 0 Å². The molecular formula is C14H12FN5. The molecule has 3 heterocycles. The molecule has 0 aromatic carbocycles. The lowest BCUT2D eigenvalue weighted by molar-refractivity contribution is 0.304. The molecule has 0 fully saturated rings. The van der Waals surface area contributed by atoms with E-state index < -0.39 is 12.2 Å². The second kappa shape index (κ2) is 4.78. The molecule has 2 unspecified atom stereocenters. The number of nitrogens with one attached hydrogen (secondary N) is 1. The van der Waals surface area contributed by atoms with Crippen LogP contribution in [0.25, 0.3) is 22.3 Å². The van der Waals surface area contributed by atoms with E-state index in [0.717, 1.165) is 22.3 Å². The van der Waals surface area contributed by atoms with E-state index in [1.54, 1.807) is 36.2 Å². The van der Waals surface area contributed by atoms with Crippen LogP contribution in [-0.4, -0.2) is 25.7 Å². The highest BCUT2D eigenvalue weighted by Crippen LogP contribution is 2.26. The minimum atomic E-state index is -1.53. The number of H-pyrrole nitrogens is 1. The molecule has 20 heavy (non-hydrogen) atoms. The maximum Gasteiger partial charge on any atom is 0.206 e. The SMILES string of the molecule is CC(C(F)C#N)n1ccc(-c2ncnc3[nH]ccc23)c1. The van der Waals surface area contributed by atoms with E-state index in [2.05, 4.69) is 15.0 Å². The summed E-state index contributed by atoms with van der Waals surface area (Å²) in [5.41, 5.74) is 2.42. The van der Waals surface area contributed by atoms with Crippen molar-refractivity contribution < 1.29 is 4.39 Å². The molecule has 0 bridgehead atoms. The Morgan fingerprint density at radius 2 is 2.25 bits per heavy atom. The lowest BCUT2D eigenvalue weighted by Gasteiger charge is -2.12. The molecule has 2 atom stereocenters. The van der Waals surface area contributed by atoms with Crippen LogP contribution in [0.5, 0.6) is 0 Å². The zero-order valence-corrected chi connectivity index (χ0v) is 10.8. The first-order valence-corrected chi connectivity index (χ1v) is 6.20. The van der Waals surface area contributed by atoms with Gasteiger partial charge in [-0.15, -0.1) is 0 Å². The van der Waals surface area contributed by atoms with E-state index in [9.17, 15) is 4.39 Å². The largest absolute Gasteiger partial charge is 0.347 e. The number of halogens is 1. The zero-order chi connectivity index (χ0) is 14.1. The molecule has 0 aliphatic rings. The van der Waals surface area contributed by atoms with Gasteiger partial charge in [0.05, 0.1) is 11.7 Å². The first-order valence-electron chi connectivity index (χ1n) is 6.20. The van der Waals surface area contributed by atoms with Crippen molar-refractivity contribution in [2.75, 3.05) is 0 Å². The van der Waals surface area contributed by atoms with Crippen LogP contribution in [0.2, 0.25) is 0 Å². The molecule has 0 saturated heterocycles. The number of fused-ring (bicyclic) bond motifs is 1. The van der Waals surface area contributed by atoms with E-state index in [-0.39, 0.29) is 0 Å². The van der Waals surface area contributed by atoms with Gasteiger partial charge in [-0.25, -0.2) is 14.4 Å². The van der Waals surface area contributed by atoms with Gasteiger partial charge in [0.2, 0.25) is 6.17 Å². The van der Waals surface area contributed by atoms with Crippen molar-refractivity contribution in [3.63, 3.8) is 0 Å². The lowest BCUT2D eigenvalue weighted by Crippen LogP contribution is -2.14.